The third-order valence-corrected chi connectivity index (χ3v) is 3.41. The molecule has 0 rings (SSSR count). The zero-order valence-electron chi connectivity index (χ0n) is 12.9. The first-order valence-electron chi connectivity index (χ1n) is 7.10. The van der Waals surface area contributed by atoms with Gasteiger partial charge in [0, 0.05) is 0 Å². The number of allylic oxidation sites excluding steroid dienone is 5. The molecule has 1 unspecified atom stereocenters. The van der Waals surface area contributed by atoms with Gasteiger partial charge in [-0.25, -0.2) is 0 Å². The van der Waals surface area contributed by atoms with E-state index in [0.717, 1.165) is 18.0 Å². The number of hydrogen-bond acceptors (Lipinski definition) is 1. The van der Waals surface area contributed by atoms with Crippen molar-refractivity contribution in [3.8, 4) is 0 Å². The van der Waals surface area contributed by atoms with Crippen LogP contribution in [0.15, 0.2) is 36.0 Å². The van der Waals surface area contributed by atoms with E-state index in [4.69, 9.17) is 0 Å². The topological polar surface area (TPSA) is 12.0 Å². The summed E-state index contributed by atoms with van der Waals surface area (Å²) in [6.45, 7) is 13.8. The monoisotopic (exact) mass is 249 g/mol. The van der Waals surface area contributed by atoms with Crippen LogP contribution in [0.5, 0.6) is 0 Å². The van der Waals surface area contributed by atoms with Gasteiger partial charge in [-0.2, -0.15) is 0 Å². The Kier molecular flexibility index (Phi) is 9.67. The van der Waals surface area contributed by atoms with E-state index in [9.17, 15) is 0 Å². The maximum atomic E-state index is 3.96. The smallest absolute Gasteiger partial charge is 0.00232 e. The van der Waals surface area contributed by atoms with Crippen LogP contribution in [0.25, 0.3) is 0 Å². The molecule has 1 N–H and O–H groups in total. The van der Waals surface area contributed by atoms with Crippen LogP contribution in [0.4, 0.5) is 0 Å². The minimum Gasteiger partial charge on any atom is -0.319 e. The van der Waals surface area contributed by atoms with E-state index in [-0.39, 0.29) is 0 Å². The molecule has 0 amide bonds. The largest absolute Gasteiger partial charge is 0.319 e. The first-order chi connectivity index (χ1) is 8.51. The van der Waals surface area contributed by atoms with Crippen molar-refractivity contribution in [1.29, 1.82) is 0 Å². The van der Waals surface area contributed by atoms with Crippen LogP contribution >= 0.6 is 0 Å². The molecule has 1 heteroatoms. The molecule has 104 valence electrons. The normalized spacial score (nSPS) is 15.9. The van der Waals surface area contributed by atoms with Crippen molar-refractivity contribution < 1.29 is 0 Å². The zero-order valence-corrected chi connectivity index (χ0v) is 12.9. The second-order valence-electron chi connectivity index (χ2n) is 5.44. The molecular formula is C17H31N. The minimum atomic E-state index is 0.644. The molecule has 1 nitrogen and oxygen atoms in total. The number of hydrogen-bond donors (Lipinski definition) is 1. The Morgan fingerprint density at radius 1 is 1.33 bits per heavy atom. The van der Waals surface area contributed by atoms with Crippen molar-refractivity contribution >= 4 is 0 Å². The Morgan fingerprint density at radius 2 is 2.00 bits per heavy atom. The Hall–Kier alpha value is -0.820. The van der Waals surface area contributed by atoms with Crippen molar-refractivity contribution in [3.63, 3.8) is 0 Å². The Bertz CT molecular complexity index is 286. The van der Waals surface area contributed by atoms with Gasteiger partial charge in [0.1, 0.15) is 0 Å². The standard InChI is InChI=1S/C17H31N/c1-7-8-9-10-17(13-18-6)12-16(5)15(4)11-14(2)3/h7-8,11,16-18H,2,9-10,12-13H2,1,3-6H3/b8-7-,15-11-/t16?,17-/m1/s1. The maximum absolute atomic E-state index is 3.96. The van der Waals surface area contributed by atoms with Gasteiger partial charge in [0.2, 0.25) is 0 Å². The molecule has 18 heavy (non-hydrogen) atoms. The summed E-state index contributed by atoms with van der Waals surface area (Å²) in [5.74, 6) is 1.40. The lowest BCUT2D eigenvalue weighted by molar-refractivity contribution is 0.387. The lowest BCUT2D eigenvalue weighted by Crippen LogP contribution is -2.21. The molecule has 0 heterocycles. The number of rotatable bonds is 9. The van der Waals surface area contributed by atoms with Gasteiger partial charge in [0.25, 0.3) is 0 Å². The Morgan fingerprint density at radius 3 is 2.50 bits per heavy atom. The van der Waals surface area contributed by atoms with E-state index < -0.39 is 0 Å². The molecule has 2 atom stereocenters. The zero-order chi connectivity index (χ0) is 14.0. The molecule has 0 bridgehead atoms. The van der Waals surface area contributed by atoms with Crippen molar-refractivity contribution in [3.05, 3.63) is 36.0 Å². The average molecular weight is 249 g/mol. The van der Waals surface area contributed by atoms with E-state index in [1.54, 1.807) is 0 Å². The third kappa shape index (κ3) is 8.30. The summed E-state index contributed by atoms with van der Waals surface area (Å²) in [4.78, 5) is 0. The minimum absolute atomic E-state index is 0.644. The van der Waals surface area contributed by atoms with Gasteiger partial charge in [0.15, 0.2) is 0 Å². The van der Waals surface area contributed by atoms with E-state index in [1.807, 2.05) is 7.05 Å². The van der Waals surface area contributed by atoms with Gasteiger partial charge in [-0.15, -0.1) is 0 Å². The lowest BCUT2D eigenvalue weighted by atomic mass is 9.87. The molecule has 0 aromatic heterocycles. The second-order valence-corrected chi connectivity index (χ2v) is 5.44. The molecule has 0 aliphatic carbocycles. The average Bonchev–Trinajstić information content (AvgIpc) is 2.28. The molecular weight excluding hydrogens is 218 g/mol. The summed E-state index contributed by atoms with van der Waals surface area (Å²) in [6.07, 6.45) is 10.4. The van der Waals surface area contributed by atoms with Gasteiger partial charge in [-0.1, -0.05) is 42.9 Å². The lowest BCUT2D eigenvalue weighted by Gasteiger charge is -2.21. The fourth-order valence-corrected chi connectivity index (χ4v) is 2.31. The van der Waals surface area contributed by atoms with Gasteiger partial charge >= 0.3 is 0 Å². The summed E-state index contributed by atoms with van der Waals surface area (Å²) in [6, 6.07) is 0. The molecule has 0 spiro atoms. The highest BCUT2D eigenvalue weighted by atomic mass is 14.8. The van der Waals surface area contributed by atoms with Crippen LogP contribution in [0.3, 0.4) is 0 Å². The number of nitrogens with one attached hydrogen (secondary N) is 1. The van der Waals surface area contributed by atoms with E-state index in [1.165, 1.54) is 24.8 Å². The molecule has 0 aliphatic rings. The highest BCUT2D eigenvalue weighted by Gasteiger charge is 2.13. The summed E-state index contributed by atoms with van der Waals surface area (Å²) < 4.78 is 0. The van der Waals surface area contributed by atoms with E-state index in [2.05, 4.69) is 57.8 Å². The van der Waals surface area contributed by atoms with Gasteiger partial charge < -0.3 is 5.32 Å². The van der Waals surface area contributed by atoms with Crippen molar-refractivity contribution in [2.75, 3.05) is 13.6 Å². The van der Waals surface area contributed by atoms with Gasteiger partial charge in [0.05, 0.1) is 0 Å². The van der Waals surface area contributed by atoms with Gasteiger partial charge in [-0.3, -0.25) is 0 Å². The Labute approximate surface area is 114 Å². The quantitative estimate of drug-likeness (QED) is 0.460. The molecule has 0 saturated heterocycles. The Balaban J connectivity index is 4.33. The molecule has 0 saturated carbocycles. The van der Waals surface area contributed by atoms with Crippen LogP contribution in [-0.2, 0) is 0 Å². The van der Waals surface area contributed by atoms with Gasteiger partial charge in [-0.05, 0) is 65.5 Å². The summed E-state index contributed by atoms with van der Waals surface area (Å²) in [7, 11) is 2.05. The highest BCUT2D eigenvalue weighted by molar-refractivity contribution is 5.18. The van der Waals surface area contributed by atoms with Crippen molar-refractivity contribution in [2.45, 2.75) is 47.0 Å². The third-order valence-electron chi connectivity index (χ3n) is 3.41. The van der Waals surface area contributed by atoms with Crippen LogP contribution in [-0.4, -0.2) is 13.6 Å². The fraction of sp³-hybridized carbons (Fsp3) is 0.647. The van der Waals surface area contributed by atoms with Crippen LogP contribution in [0, 0.1) is 11.8 Å². The highest BCUT2D eigenvalue weighted by Crippen LogP contribution is 2.23. The molecule has 0 aromatic carbocycles. The molecule has 0 fully saturated rings. The second kappa shape index (κ2) is 10.1. The molecule has 0 aliphatic heterocycles. The van der Waals surface area contributed by atoms with E-state index in [0.29, 0.717) is 5.92 Å². The van der Waals surface area contributed by atoms with Crippen molar-refractivity contribution in [1.82, 2.24) is 5.32 Å². The maximum Gasteiger partial charge on any atom is -0.00232 e. The summed E-state index contributed by atoms with van der Waals surface area (Å²) >= 11 is 0. The first kappa shape index (κ1) is 17.2. The van der Waals surface area contributed by atoms with E-state index >= 15 is 0 Å². The predicted molar refractivity (Wildman–Crippen MR) is 83.8 cm³/mol. The van der Waals surface area contributed by atoms with Crippen LogP contribution in [0.2, 0.25) is 0 Å². The SMILES string of the molecule is C=C(C)/C=C(/C)C(C)C[C@@H](CC/C=C\C)CNC. The predicted octanol–water partition coefficient (Wildman–Crippen LogP) is 4.73. The fourth-order valence-electron chi connectivity index (χ4n) is 2.31. The summed E-state index contributed by atoms with van der Waals surface area (Å²) in [5.41, 5.74) is 2.60. The van der Waals surface area contributed by atoms with Crippen LogP contribution < -0.4 is 5.32 Å². The molecule has 0 aromatic rings. The van der Waals surface area contributed by atoms with Crippen molar-refractivity contribution in [2.24, 2.45) is 11.8 Å². The summed E-state index contributed by atoms with van der Waals surface area (Å²) in [5, 5.41) is 3.32. The van der Waals surface area contributed by atoms with Crippen LogP contribution in [0.1, 0.15) is 47.0 Å². The molecule has 0 radical (unpaired) electrons. The first-order valence-corrected chi connectivity index (χ1v) is 7.10.